The molecule has 2 heterocycles. The van der Waals surface area contributed by atoms with Gasteiger partial charge in [-0.15, -0.1) is 0 Å². The average molecular weight is 167 g/mol. The maximum atomic E-state index is 11.1. The molecule has 3 aliphatic rings. The van der Waals surface area contributed by atoms with Crippen LogP contribution in [-0.4, -0.2) is 22.6 Å². The van der Waals surface area contributed by atoms with Crippen molar-refractivity contribution in [1.29, 1.82) is 0 Å². The average Bonchev–Trinajstić information content (AvgIpc) is 2.04. The van der Waals surface area contributed by atoms with E-state index in [1.165, 1.54) is 12.0 Å². The highest BCUT2D eigenvalue weighted by atomic mass is 16.7. The monoisotopic (exact) mass is 167 g/mol. The van der Waals surface area contributed by atoms with Gasteiger partial charge in [-0.3, -0.25) is 9.63 Å². The Morgan fingerprint density at radius 2 is 2.50 bits per heavy atom. The van der Waals surface area contributed by atoms with Crippen LogP contribution < -0.4 is 0 Å². The summed E-state index contributed by atoms with van der Waals surface area (Å²) in [4.78, 5) is 16.6. The molecule has 0 radical (unpaired) electrons. The number of carbonyl (C=O) groups is 1. The van der Waals surface area contributed by atoms with Crippen molar-refractivity contribution in [2.75, 3.05) is 0 Å². The third-order valence-electron chi connectivity index (χ3n) is 2.53. The summed E-state index contributed by atoms with van der Waals surface area (Å²) in [6.45, 7) is 3.55. The molecule has 0 aromatic heterocycles. The summed E-state index contributed by atoms with van der Waals surface area (Å²) in [5, 5.41) is 1.49. The van der Waals surface area contributed by atoms with Gasteiger partial charge in [0, 0.05) is 6.92 Å². The van der Waals surface area contributed by atoms with Crippen molar-refractivity contribution in [3.8, 4) is 0 Å². The fourth-order valence-electron chi connectivity index (χ4n) is 1.79. The number of rotatable bonds is 0. The van der Waals surface area contributed by atoms with Gasteiger partial charge >= 0.3 is 0 Å². The van der Waals surface area contributed by atoms with E-state index in [-0.39, 0.29) is 17.6 Å². The summed E-state index contributed by atoms with van der Waals surface area (Å²) in [5.74, 6) is -0.00437. The van der Waals surface area contributed by atoms with Crippen molar-refractivity contribution in [2.24, 2.45) is 0 Å². The van der Waals surface area contributed by atoms with Gasteiger partial charge in [0.15, 0.2) is 0 Å². The summed E-state index contributed by atoms with van der Waals surface area (Å²) in [5.41, 5.74) is -0.236. The Labute approximate surface area is 71.9 Å². The quantitative estimate of drug-likeness (QED) is 0.508. The van der Waals surface area contributed by atoms with Crippen molar-refractivity contribution in [1.82, 2.24) is 5.06 Å². The predicted octanol–water partition coefficient (Wildman–Crippen LogP) is 1.26. The molecule has 0 aromatic rings. The van der Waals surface area contributed by atoms with Crippen LogP contribution in [0.15, 0.2) is 12.2 Å². The Hall–Kier alpha value is -0.830. The largest absolute Gasteiger partial charge is 0.273 e. The van der Waals surface area contributed by atoms with Crippen LogP contribution in [0.2, 0.25) is 0 Å². The lowest BCUT2D eigenvalue weighted by Gasteiger charge is -2.45. The second-order valence-electron chi connectivity index (χ2n) is 3.71. The summed E-state index contributed by atoms with van der Waals surface area (Å²) >= 11 is 0. The molecule has 0 N–H and O–H groups in total. The summed E-state index contributed by atoms with van der Waals surface area (Å²) in [6.07, 6.45) is 6.15. The van der Waals surface area contributed by atoms with Crippen molar-refractivity contribution < 1.29 is 9.63 Å². The summed E-state index contributed by atoms with van der Waals surface area (Å²) < 4.78 is 0. The van der Waals surface area contributed by atoms with E-state index in [2.05, 4.69) is 12.2 Å². The fraction of sp³-hybridized carbons (Fsp3) is 0.667. The first-order valence-electron chi connectivity index (χ1n) is 4.29. The van der Waals surface area contributed by atoms with E-state index in [1.54, 1.807) is 0 Å². The molecule has 2 aliphatic heterocycles. The lowest BCUT2D eigenvalue weighted by atomic mass is 9.88. The van der Waals surface area contributed by atoms with Crippen molar-refractivity contribution in [2.45, 2.75) is 38.3 Å². The van der Waals surface area contributed by atoms with Crippen molar-refractivity contribution in [3.63, 3.8) is 0 Å². The summed E-state index contributed by atoms with van der Waals surface area (Å²) in [7, 11) is 0. The molecule has 3 rings (SSSR count). The zero-order valence-electron chi connectivity index (χ0n) is 7.41. The first-order chi connectivity index (χ1) is 5.61. The van der Waals surface area contributed by atoms with Gasteiger partial charge in [0.1, 0.15) is 5.60 Å². The molecule has 0 saturated carbocycles. The van der Waals surface area contributed by atoms with Crippen LogP contribution in [-0.2, 0) is 9.63 Å². The SMILES string of the molecule is CC(=O)N1OC2(C)C=CC1CC2. The number of fused-ring (bicyclic) bond motifs is 2. The number of nitrogens with zero attached hydrogens (tertiary/aromatic N) is 1. The zero-order valence-corrected chi connectivity index (χ0v) is 7.41. The lowest BCUT2D eigenvalue weighted by Crippen LogP contribution is -2.53. The minimum atomic E-state index is -0.236. The van der Waals surface area contributed by atoms with Gasteiger partial charge in [-0.2, -0.15) is 0 Å². The molecule has 3 nitrogen and oxygen atoms in total. The van der Waals surface area contributed by atoms with E-state index in [9.17, 15) is 4.79 Å². The van der Waals surface area contributed by atoms with Gasteiger partial charge in [-0.05, 0) is 19.8 Å². The topological polar surface area (TPSA) is 29.5 Å². The number of hydrogen-bond donors (Lipinski definition) is 0. The standard InChI is InChI=1S/C9H13NO2/c1-7(11)10-8-3-5-9(2,12-10)6-4-8/h3,5,8H,4,6H2,1-2H3. The smallest absolute Gasteiger partial charge is 0.243 e. The second-order valence-corrected chi connectivity index (χ2v) is 3.71. The van der Waals surface area contributed by atoms with Gasteiger partial charge in [0.25, 0.3) is 0 Å². The normalized spacial score (nSPS) is 38.8. The Kier molecular flexibility index (Phi) is 1.51. The number of amides is 1. The molecule has 1 amide bonds. The highest BCUT2D eigenvalue weighted by Gasteiger charge is 2.40. The first-order valence-corrected chi connectivity index (χ1v) is 4.29. The number of hydrogen-bond acceptors (Lipinski definition) is 2. The number of hydroxylamine groups is 2. The van der Waals surface area contributed by atoms with Crippen LogP contribution in [0.3, 0.4) is 0 Å². The third-order valence-corrected chi connectivity index (χ3v) is 2.53. The summed E-state index contributed by atoms with van der Waals surface area (Å²) in [6, 6.07) is 0.171. The van der Waals surface area contributed by atoms with Gasteiger partial charge in [0.05, 0.1) is 6.04 Å². The minimum absolute atomic E-state index is 0.00437. The molecule has 1 fully saturated rings. The van der Waals surface area contributed by atoms with Gasteiger partial charge in [-0.25, -0.2) is 5.06 Å². The molecule has 12 heavy (non-hydrogen) atoms. The Balaban J connectivity index is 2.25. The van der Waals surface area contributed by atoms with Crippen molar-refractivity contribution >= 4 is 5.91 Å². The molecular weight excluding hydrogens is 154 g/mol. The fourth-order valence-corrected chi connectivity index (χ4v) is 1.79. The van der Waals surface area contributed by atoms with E-state index in [4.69, 9.17) is 4.84 Å². The van der Waals surface area contributed by atoms with Crippen LogP contribution in [0.25, 0.3) is 0 Å². The third kappa shape index (κ3) is 1.05. The van der Waals surface area contributed by atoms with Gasteiger partial charge < -0.3 is 0 Å². The van der Waals surface area contributed by atoms with E-state index in [0.717, 1.165) is 12.8 Å². The Morgan fingerprint density at radius 1 is 1.75 bits per heavy atom. The lowest BCUT2D eigenvalue weighted by molar-refractivity contribution is -0.260. The maximum absolute atomic E-state index is 11.1. The van der Waals surface area contributed by atoms with Crippen LogP contribution in [0, 0.1) is 0 Å². The van der Waals surface area contributed by atoms with Gasteiger partial charge in [-0.1, -0.05) is 12.2 Å². The molecule has 3 heteroatoms. The van der Waals surface area contributed by atoms with E-state index >= 15 is 0 Å². The molecule has 1 aliphatic carbocycles. The van der Waals surface area contributed by atoms with Gasteiger partial charge in [0.2, 0.25) is 5.91 Å². The van der Waals surface area contributed by atoms with E-state index in [0.29, 0.717) is 0 Å². The molecule has 1 saturated heterocycles. The predicted molar refractivity (Wildman–Crippen MR) is 44.2 cm³/mol. The second kappa shape index (κ2) is 2.33. The zero-order chi connectivity index (χ0) is 8.77. The van der Waals surface area contributed by atoms with Crippen LogP contribution in [0.4, 0.5) is 0 Å². The molecule has 0 spiro atoms. The molecular formula is C9H13NO2. The van der Waals surface area contributed by atoms with Crippen LogP contribution in [0.5, 0.6) is 0 Å². The van der Waals surface area contributed by atoms with E-state index in [1.807, 2.05) is 6.92 Å². The van der Waals surface area contributed by atoms with Crippen LogP contribution in [0.1, 0.15) is 26.7 Å². The molecule has 2 atom stereocenters. The number of carbonyl (C=O) groups excluding carboxylic acids is 1. The molecule has 0 aromatic carbocycles. The van der Waals surface area contributed by atoms with Crippen LogP contribution >= 0.6 is 0 Å². The van der Waals surface area contributed by atoms with E-state index < -0.39 is 0 Å². The first kappa shape index (κ1) is 7.80. The molecule has 2 bridgehead atoms. The maximum Gasteiger partial charge on any atom is 0.243 e. The molecule has 66 valence electrons. The highest BCUT2D eigenvalue weighted by molar-refractivity contribution is 5.73. The minimum Gasteiger partial charge on any atom is -0.273 e. The Bertz CT molecular complexity index is 249. The van der Waals surface area contributed by atoms with Crippen molar-refractivity contribution in [3.05, 3.63) is 12.2 Å². The molecule has 2 unspecified atom stereocenters. The Morgan fingerprint density at radius 3 is 2.83 bits per heavy atom. The highest BCUT2D eigenvalue weighted by Crippen LogP contribution is 2.35.